The largest absolute Gasteiger partial charge is 0.316 e. The van der Waals surface area contributed by atoms with Crippen LogP contribution in [-0.4, -0.2) is 18.5 Å². The van der Waals surface area contributed by atoms with Crippen molar-refractivity contribution < 1.29 is 0 Å². The second-order valence-corrected chi connectivity index (χ2v) is 5.38. The van der Waals surface area contributed by atoms with E-state index in [4.69, 9.17) is 11.6 Å². The van der Waals surface area contributed by atoms with Crippen LogP contribution in [0.25, 0.3) is 0 Å². The Bertz CT molecular complexity index is 130. The zero-order valence-corrected chi connectivity index (χ0v) is 10.2. The summed E-state index contributed by atoms with van der Waals surface area (Å²) in [5.41, 5.74) is 0. The molecule has 1 aliphatic carbocycles. The molecule has 0 spiro atoms. The van der Waals surface area contributed by atoms with Crippen molar-refractivity contribution in [3.05, 3.63) is 0 Å². The van der Waals surface area contributed by atoms with E-state index in [2.05, 4.69) is 12.2 Å². The Balaban J connectivity index is 1.87. The fourth-order valence-corrected chi connectivity index (χ4v) is 2.36. The molecule has 1 nitrogen and oxygen atoms in total. The standard InChI is InChI=1S/C12H24ClN/c1-11(13)6-5-9-14-10-12-7-3-2-4-8-12/h11-12,14H,2-10H2,1H3. The topological polar surface area (TPSA) is 12.0 Å². The SMILES string of the molecule is CC(Cl)CCCNCC1CCCCC1. The highest BCUT2D eigenvalue weighted by Crippen LogP contribution is 2.22. The smallest absolute Gasteiger partial charge is 0.0308 e. The minimum absolute atomic E-state index is 0.339. The minimum Gasteiger partial charge on any atom is -0.316 e. The lowest BCUT2D eigenvalue weighted by molar-refractivity contribution is 0.341. The quantitative estimate of drug-likeness (QED) is 0.530. The monoisotopic (exact) mass is 217 g/mol. The normalized spacial score (nSPS) is 21.0. The van der Waals surface area contributed by atoms with Crippen LogP contribution in [0.5, 0.6) is 0 Å². The van der Waals surface area contributed by atoms with E-state index in [1.165, 1.54) is 45.1 Å². The zero-order chi connectivity index (χ0) is 10.2. The van der Waals surface area contributed by atoms with E-state index < -0.39 is 0 Å². The molecule has 1 rings (SSSR count). The van der Waals surface area contributed by atoms with E-state index in [1.54, 1.807) is 0 Å². The molecule has 0 bridgehead atoms. The van der Waals surface area contributed by atoms with Crippen LogP contribution in [0.4, 0.5) is 0 Å². The average molecular weight is 218 g/mol. The summed E-state index contributed by atoms with van der Waals surface area (Å²) in [6.45, 7) is 4.45. The van der Waals surface area contributed by atoms with Gasteiger partial charge in [0.2, 0.25) is 0 Å². The van der Waals surface area contributed by atoms with Crippen LogP contribution in [0.15, 0.2) is 0 Å². The molecule has 0 amide bonds. The summed E-state index contributed by atoms with van der Waals surface area (Å²) >= 11 is 5.88. The lowest BCUT2D eigenvalue weighted by Crippen LogP contribution is -2.25. The molecule has 0 aromatic heterocycles. The van der Waals surface area contributed by atoms with Crippen LogP contribution >= 0.6 is 11.6 Å². The molecule has 2 heteroatoms. The van der Waals surface area contributed by atoms with Gasteiger partial charge < -0.3 is 5.32 Å². The average Bonchev–Trinajstić information content (AvgIpc) is 2.18. The molecule has 0 radical (unpaired) electrons. The van der Waals surface area contributed by atoms with Gasteiger partial charge in [0.05, 0.1) is 0 Å². The van der Waals surface area contributed by atoms with E-state index >= 15 is 0 Å². The van der Waals surface area contributed by atoms with Gasteiger partial charge in [0.1, 0.15) is 0 Å². The summed E-state index contributed by atoms with van der Waals surface area (Å²) in [4.78, 5) is 0. The maximum Gasteiger partial charge on any atom is 0.0308 e. The molecule has 0 aromatic carbocycles. The summed E-state index contributed by atoms with van der Waals surface area (Å²) in [5.74, 6) is 0.956. The zero-order valence-electron chi connectivity index (χ0n) is 9.40. The van der Waals surface area contributed by atoms with E-state index in [1.807, 2.05) is 0 Å². The molecular weight excluding hydrogens is 194 g/mol. The van der Waals surface area contributed by atoms with Gasteiger partial charge >= 0.3 is 0 Å². The fourth-order valence-electron chi connectivity index (χ4n) is 2.21. The molecular formula is C12H24ClN. The molecule has 1 unspecified atom stereocenters. The van der Waals surface area contributed by atoms with Gasteiger partial charge in [0, 0.05) is 5.38 Å². The van der Waals surface area contributed by atoms with Crippen LogP contribution in [0.1, 0.15) is 51.9 Å². The second kappa shape index (κ2) is 7.53. The van der Waals surface area contributed by atoms with Crippen molar-refractivity contribution >= 4 is 11.6 Å². The van der Waals surface area contributed by atoms with E-state index in [0.29, 0.717) is 5.38 Å². The molecule has 1 saturated carbocycles. The molecule has 1 fully saturated rings. The third kappa shape index (κ3) is 5.87. The molecule has 0 saturated heterocycles. The number of hydrogen-bond donors (Lipinski definition) is 1. The lowest BCUT2D eigenvalue weighted by Gasteiger charge is -2.21. The van der Waals surface area contributed by atoms with E-state index in [0.717, 1.165) is 18.9 Å². The maximum atomic E-state index is 5.88. The second-order valence-electron chi connectivity index (χ2n) is 4.63. The highest BCUT2D eigenvalue weighted by atomic mass is 35.5. The molecule has 1 N–H and O–H groups in total. The molecule has 1 aliphatic rings. The van der Waals surface area contributed by atoms with Crippen molar-refractivity contribution in [2.24, 2.45) is 5.92 Å². The predicted molar refractivity (Wildman–Crippen MR) is 64.0 cm³/mol. The summed E-state index contributed by atoms with van der Waals surface area (Å²) < 4.78 is 0. The first-order valence-corrected chi connectivity index (χ1v) is 6.57. The van der Waals surface area contributed by atoms with Crippen molar-refractivity contribution in [1.29, 1.82) is 0 Å². The Labute approximate surface area is 93.6 Å². The van der Waals surface area contributed by atoms with Crippen LogP contribution in [-0.2, 0) is 0 Å². The first-order valence-electron chi connectivity index (χ1n) is 6.14. The molecule has 14 heavy (non-hydrogen) atoms. The maximum absolute atomic E-state index is 5.88. The van der Waals surface area contributed by atoms with Gasteiger partial charge in [-0.05, 0) is 51.6 Å². The van der Waals surface area contributed by atoms with Crippen LogP contribution < -0.4 is 5.32 Å². The number of rotatable bonds is 6. The Morgan fingerprint density at radius 2 is 2.00 bits per heavy atom. The fraction of sp³-hybridized carbons (Fsp3) is 1.00. The van der Waals surface area contributed by atoms with Crippen molar-refractivity contribution in [1.82, 2.24) is 5.32 Å². The summed E-state index contributed by atoms with van der Waals surface area (Å²) in [6, 6.07) is 0. The lowest BCUT2D eigenvalue weighted by atomic mass is 9.89. The minimum atomic E-state index is 0.339. The number of halogens is 1. The van der Waals surface area contributed by atoms with E-state index in [-0.39, 0.29) is 0 Å². The van der Waals surface area contributed by atoms with Gasteiger partial charge in [0.25, 0.3) is 0 Å². The molecule has 1 atom stereocenters. The number of alkyl halides is 1. The van der Waals surface area contributed by atoms with Gasteiger partial charge in [-0.3, -0.25) is 0 Å². The summed E-state index contributed by atoms with van der Waals surface area (Å²) in [6.07, 6.45) is 9.60. The van der Waals surface area contributed by atoms with Gasteiger partial charge in [-0.1, -0.05) is 19.3 Å². The van der Waals surface area contributed by atoms with Gasteiger partial charge in [-0.15, -0.1) is 11.6 Å². The highest BCUT2D eigenvalue weighted by molar-refractivity contribution is 6.20. The Morgan fingerprint density at radius 1 is 1.29 bits per heavy atom. The number of hydrogen-bond acceptors (Lipinski definition) is 1. The first kappa shape index (κ1) is 12.3. The Hall–Kier alpha value is 0.250. The first-order chi connectivity index (χ1) is 6.79. The Morgan fingerprint density at radius 3 is 2.64 bits per heavy atom. The van der Waals surface area contributed by atoms with Gasteiger partial charge in [0.15, 0.2) is 0 Å². The molecule has 84 valence electrons. The van der Waals surface area contributed by atoms with Crippen LogP contribution in [0, 0.1) is 5.92 Å². The van der Waals surface area contributed by atoms with Crippen molar-refractivity contribution in [2.45, 2.75) is 57.2 Å². The van der Waals surface area contributed by atoms with Crippen LogP contribution in [0.2, 0.25) is 0 Å². The van der Waals surface area contributed by atoms with Crippen molar-refractivity contribution in [3.63, 3.8) is 0 Å². The third-order valence-corrected chi connectivity index (χ3v) is 3.33. The van der Waals surface area contributed by atoms with Gasteiger partial charge in [-0.2, -0.15) is 0 Å². The number of nitrogens with one attached hydrogen (secondary N) is 1. The molecule has 0 heterocycles. The van der Waals surface area contributed by atoms with E-state index in [9.17, 15) is 0 Å². The molecule has 0 aliphatic heterocycles. The summed E-state index contributed by atoms with van der Waals surface area (Å²) in [5, 5.41) is 3.89. The molecule has 0 aromatic rings. The Kier molecular flexibility index (Phi) is 6.63. The highest BCUT2D eigenvalue weighted by Gasteiger charge is 2.12. The summed E-state index contributed by atoms with van der Waals surface area (Å²) in [7, 11) is 0. The van der Waals surface area contributed by atoms with Crippen molar-refractivity contribution in [2.75, 3.05) is 13.1 Å². The van der Waals surface area contributed by atoms with Crippen LogP contribution in [0.3, 0.4) is 0 Å². The van der Waals surface area contributed by atoms with Crippen molar-refractivity contribution in [3.8, 4) is 0 Å². The van der Waals surface area contributed by atoms with Gasteiger partial charge in [-0.25, -0.2) is 0 Å². The third-order valence-electron chi connectivity index (χ3n) is 3.11. The predicted octanol–water partition coefficient (Wildman–Crippen LogP) is 3.56.